The van der Waals surface area contributed by atoms with Crippen molar-refractivity contribution in [2.75, 3.05) is 32.8 Å². The summed E-state index contributed by atoms with van der Waals surface area (Å²) in [6.07, 6.45) is 0.902. The zero-order valence-corrected chi connectivity index (χ0v) is 15.4. The molecule has 6 nitrogen and oxygen atoms in total. The van der Waals surface area contributed by atoms with Gasteiger partial charge in [-0.05, 0) is 30.7 Å². The number of rotatable bonds is 6. The van der Waals surface area contributed by atoms with E-state index in [-0.39, 0.29) is 16.7 Å². The number of amides is 1. The Kier molecular flexibility index (Phi) is 6.23. The zero-order valence-electron chi connectivity index (χ0n) is 14.6. The monoisotopic (exact) mass is 354 g/mol. The third-order valence-electron chi connectivity index (χ3n) is 3.98. The minimum absolute atomic E-state index is 0.0659. The summed E-state index contributed by atoms with van der Waals surface area (Å²) in [5.74, 6) is 0.677. The van der Waals surface area contributed by atoms with Crippen molar-refractivity contribution in [1.82, 2.24) is 9.21 Å². The zero-order chi connectivity index (χ0) is 17.7. The van der Waals surface area contributed by atoms with E-state index in [0.29, 0.717) is 38.5 Å². The van der Waals surface area contributed by atoms with Crippen LogP contribution in [-0.2, 0) is 14.8 Å². The highest BCUT2D eigenvalue weighted by Gasteiger charge is 2.30. The van der Waals surface area contributed by atoms with Crippen LogP contribution < -0.4 is 4.74 Å². The molecule has 2 rings (SSSR count). The van der Waals surface area contributed by atoms with E-state index in [4.69, 9.17) is 4.74 Å². The topological polar surface area (TPSA) is 66.9 Å². The molecule has 1 amide bonds. The summed E-state index contributed by atoms with van der Waals surface area (Å²) in [4.78, 5) is 14.0. The first kappa shape index (κ1) is 18.7. The largest absolute Gasteiger partial charge is 0.494 e. The average molecular weight is 354 g/mol. The highest BCUT2D eigenvalue weighted by Crippen LogP contribution is 2.21. The summed E-state index contributed by atoms with van der Waals surface area (Å²) >= 11 is 0. The van der Waals surface area contributed by atoms with Gasteiger partial charge in [-0.2, -0.15) is 4.31 Å². The summed E-state index contributed by atoms with van der Waals surface area (Å²) in [7, 11) is -3.53. The fraction of sp³-hybridized carbons (Fsp3) is 0.588. The molecule has 0 saturated carbocycles. The molecule has 0 N–H and O–H groups in total. The van der Waals surface area contributed by atoms with E-state index < -0.39 is 10.0 Å². The molecule has 0 aromatic heterocycles. The van der Waals surface area contributed by atoms with Crippen molar-refractivity contribution >= 4 is 15.9 Å². The van der Waals surface area contributed by atoms with Crippen LogP contribution in [0.15, 0.2) is 29.2 Å². The SMILES string of the molecule is CCCOc1ccc(S(=O)(=O)N2CCN(C(=O)C(C)C)CC2)cc1. The Bertz CT molecular complexity index is 648. The molecule has 0 radical (unpaired) electrons. The van der Waals surface area contributed by atoms with E-state index in [1.165, 1.54) is 4.31 Å². The highest BCUT2D eigenvalue weighted by molar-refractivity contribution is 7.89. The second kappa shape index (κ2) is 7.98. The smallest absolute Gasteiger partial charge is 0.243 e. The Morgan fingerprint density at radius 3 is 2.21 bits per heavy atom. The molecule has 0 spiro atoms. The molecular weight excluding hydrogens is 328 g/mol. The number of hydrogen-bond donors (Lipinski definition) is 0. The number of carbonyl (C=O) groups excluding carboxylic acids is 1. The maximum atomic E-state index is 12.7. The van der Waals surface area contributed by atoms with Gasteiger partial charge < -0.3 is 9.64 Å². The summed E-state index contributed by atoms with van der Waals surface area (Å²) in [5, 5.41) is 0. The molecule has 1 aromatic rings. The van der Waals surface area contributed by atoms with E-state index in [2.05, 4.69) is 0 Å². The van der Waals surface area contributed by atoms with Gasteiger partial charge in [-0.25, -0.2) is 8.42 Å². The van der Waals surface area contributed by atoms with Gasteiger partial charge in [0.25, 0.3) is 0 Å². The number of carbonyl (C=O) groups is 1. The summed E-state index contributed by atoms with van der Waals surface area (Å²) in [5.41, 5.74) is 0. The normalized spacial score (nSPS) is 16.4. The lowest BCUT2D eigenvalue weighted by molar-refractivity contribution is -0.135. The Morgan fingerprint density at radius 2 is 1.71 bits per heavy atom. The molecule has 0 unspecified atom stereocenters. The molecular formula is C17H26N2O4S. The highest BCUT2D eigenvalue weighted by atomic mass is 32.2. The predicted octanol–water partition coefficient (Wildman–Crippen LogP) is 1.96. The molecule has 0 aliphatic carbocycles. The molecule has 134 valence electrons. The first-order chi connectivity index (χ1) is 11.4. The van der Waals surface area contributed by atoms with Gasteiger partial charge >= 0.3 is 0 Å². The average Bonchev–Trinajstić information content (AvgIpc) is 2.59. The molecule has 0 bridgehead atoms. The van der Waals surface area contributed by atoms with Crippen LogP contribution >= 0.6 is 0 Å². The Hall–Kier alpha value is -1.60. The second-order valence-electron chi connectivity index (χ2n) is 6.20. The quantitative estimate of drug-likeness (QED) is 0.783. The Morgan fingerprint density at radius 1 is 1.12 bits per heavy atom. The van der Waals surface area contributed by atoms with Gasteiger partial charge in [-0.3, -0.25) is 4.79 Å². The van der Waals surface area contributed by atoms with Gasteiger partial charge in [0.1, 0.15) is 5.75 Å². The van der Waals surface area contributed by atoms with Gasteiger partial charge in [0.2, 0.25) is 15.9 Å². The number of sulfonamides is 1. The predicted molar refractivity (Wildman–Crippen MR) is 92.4 cm³/mol. The van der Waals surface area contributed by atoms with Gasteiger partial charge in [-0.1, -0.05) is 20.8 Å². The lowest BCUT2D eigenvalue weighted by Crippen LogP contribution is -2.51. The first-order valence-electron chi connectivity index (χ1n) is 8.38. The van der Waals surface area contributed by atoms with Crippen LogP contribution in [0.3, 0.4) is 0 Å². The minimum Gasteiger partial charge on any atom is -0.494 e. The third-order valence-corrected chi connectivity index (χ3v) is 5.89. The van der Waals surface area contributed by atoms with Gasteiger partial charge in [0, 0.05) is 32.1 Å². The number of benzene rings is 1. The van der Waals surface area contributed by atoms with Crippen molar-refractivity contribution in [2.24, 2.45) is 5.92 Å². The van der Waals surface area contributed by atoms with Crippen molar-refractivity contribution in [3.63, 3.8) is 0 Å². The van der Waals surface area contributed by atoms with Crippen LogP contribution in [0.4, 0.5) is 0 Å². The maximum Gasteiger partial charge on any atom is 0.243 e. The van der Waals surface area contributed by atoms with Crippen molar-refractivity contribution in [2.45, 2.75) is 32.1 Å². The van der Waals surface area contributed by atoms with Gasteiger partial charge in [0.05, 0.1) is 11.5 Å². The third kappa shape index (κ3) is 4.27. The van der Waals surface area contributed by atoms with Crippen LogP contribution in [0.2, 0.25) is 0 Å². The molecule has 0 atom stereocenters. The molecule has 1 aromatic carbocycles. The van der Waals surface area contributed by atoms with E-state index in [1.54, 1.807) is 29.2 Å². The molecule has 7 heteroatoms. The summed E-state index contributed by atoms with van der Waals surface area (Å²) in [6.45, 7) is 7.87. The van der Waals surface area contributed by atoms with Crippen LogP contribution in [-0.4, -0.2) is 56.3 Å². The van der Waals surface area contributed by atoms with Crippen molar-refractivity contribution in [3.05, 3.63) is 24.3 Å². The van der Waals surface area contributed by atoms with Crippen LogP contribution in [0, 0.1) is 5.92 Å². The fourth-order valence-electron chi connectivity index (χ4n) is 2.59. The lowest BCUT2D eigenvalue weighted by Gasteiger charge is -2.34. The second-order valence-corrected chi connectivity index (χ2v) is 8.14. The fourth-order valence-corrected chi connectivity index (χ4v) is 4.01. The molecule has 1 heterocycles. The number of ether oxygens (including phenoxy) is 1. The minimum atomic E-state index is -3.53. The Labute approximate surface area is 144 Å². The summed E-state index contributed by atoms with van der Waals surface area (Å²) < 4.78 is 32.3. The van der Waals surface area contributed by atoms with E-state index in [1.807, 2.05) is 20.8 Å². The first-order valence-corrected chi connectivity index (χ1v) is 9.82. The van der Waals surface area contributed by atoms with Crippen molar-refractivity contribution in [3.8, 4) is 5.75 Å². The van der Waals surface area contributed by atoms with Gasteiger partial charge in [-0.15, -0.1) is 0 Å². The van der Waals surface area contributed by atoms with Gasteiger partial charge in [0.15, 0.2) is 0 Å². The van der Waals surface area contributed by atoms with E-state index in [0.717, 1.165) is 6.42 Å². The molecule has 1 aliphatic heterocycles. The van der Waals surface area contributed by atoms with E-state index >= 15 is 0 Å². The van der Waals surface area contributed by atoms with Crippen molar-refractivity contribution < 1.29 is 17.9 Å². The molecule has 1 fully saturated rings. The maximum absolute atomic E-state index is 12.7. The molecule has 24 heavy (non-hydrogen) atoms. The van der Waals surface area contributed by atoms with Crippen LogP contribution in [0.1, 0.15) is 27.2 Å². The van der Waals surface area contributed by atoms with E-state index in [9.17, 15) is 13.2 Å². The van der Waals surface area contributed by atoms with Crippen molar-refractivity contribution in [1.29, 1.82) is 0 Å². The molecule has 1 aliphatic rings. The van der Waals surface area contributed by atoms with Crippen LogP contribution in [0.5, 0.6) is 5.75 Å². The number of nitrogens with zero attached hydrogens (tertiary/aromatic N) is 2. The standard InChI is InChI=1S/C17H26N2O4S/c1-4-13-23-15-5-7-16(8-6-15)24(21,22)19-11-9-18(10-12-19)17(20)14(2)3/h5-8,14H,4,9-13H2,1-3H3. The number of hydrogen-bond acceptors (Lipinski definition) is 4. The summed E-state index contributed by atoms with van der Waals surface area (Å²) in [6, 6.07) is 6.51. The lowest BCUT2D eigenvalue weighted by atomic mass is 10.2. The Balaban J connectivity index is 2.02. The molecule has 1 saturated heterocycles. The van der Waals surface area contributed by atoms with Crippen LogP contribution in [0.25, 0.3) is 0 Å². The number of piperazine rings is 1.